The molecular formula is C51H30N4S. The zero-order valence-electron chi connectivity index (χ0n) is 30.0. The van der Waals surface area contributed by atoms with Crippen LogP contribution in [0.25, 0.3) is 114 Å². The molecule has 0 aliphatic carbocycles. The smallest absolute Gasteiger partial charge is 0.166 e. The zero-order valence-corrected chi connectivity index (χ0v) is 30.8. The number of fused-ring (bicyclic) bond motifs is 9. The van der Waals surface area contributed by atoms with E-state index in [-0.39, 0.29) is 0 Å². The van der Waals surface area contributed by atoms with E-state index in [1.165, 1.54) is 47.1 Å². The van der Waals surface area contributed by atoms with Gasteiger partial charge in [0.1, 0.15) is 0 Å². The van der Waals surface area contributed by atoms with Crippen molar-refractivity contribution in [3.05, 3.63) is 182 Å². The van der Waals surface area contributed by atoms with Crippen LogP contribution in [0.4, 0.5) is 0 Å². The maximum atomic E-state index is 5.39. The van der Waals surface area contributed by atoms with Gasteiger partial charge in [0.25, 0.3) is 0 Å². The third kappa shape index (κ3) is 4.81. The topological polar surface area (TPSA) is 43.6 Å². The number of aromatic nitrogens is 4. The van der Waals surface area contributed by atoms with Crippen molar-refractivity contribution in [2.75, 3.05) is 0 Å². The van der Waals surface area contributed by atoms with Crippen LogP contribution in [0.2, 0.25) is 0 Å². The van der Waals surface area contributed by atoms with Gasteiger partial charge in [0.2, 0.25) is 0 Å². The van der Waals surface area contributed by atoms with Crippen LogP contribution in [-0.4, -0.2) is 19.5 Å². The molecule has 0 spiro atoms. The van der Waals surface area contributed by atoms with Crippen molar-refractivity contribution in [2.24, 2.45) is 0 Å². The van der Waals surface area contributed by atoms with Gasteiger partial charge in [0.15, 0.2) is 17.5 Å². The van der Waals surface area contributed by atoms with Crippen molar-refractivity contribution in [3.8, 4) is 39.9 Å². The van der Waals surface area contributed by atoms with Gasteiger partial charge >= 0.3 is 0 Å². The fourth-order valence-electron chi connectivity index (χ4n) is 8.52. The van der Waals surface area contributed by atoms with Crippen LogP contribution in [0.3, 0.4) is 0 Å². The summed E-state index contributed by atoms with van der Waals surface area (Å²) in [6.07, 6.45) is 0. The number of hydrogen-bond donors (Lipinski definition) is 0. The van der Waals surface area contributed by atoms with Gasteiger partial charge in [-0.25, -0.2) is 15.0 Å². The SMILES string of the molecule is c1ccc2cc(-c3nc(-c4ccc5sc6ccccc6c5c4)nc(-c4ccc5ccccc5c4-n4c5ccccc5c5cc6ccccc6cc54)n3)ccc2c1. The molecule has 4 nitrogen and oxygen atoms in total. The molecule has 0 atom stereocenters. The summed E-state index contributed by atoms with van der Waals surface area (Å²) in [4.78, 5) is 16.0. The molecule has 0 N–H and O–H groups in total. The molecule has 3 aromatic heterocycles. The Balaban J connectivity index is 1.18. The monoisotopic (exact) mass is 730 g/mol. The Labute approximate surface area is 325 Å². The highest BCUT2D eigenvalue weighted by Gasteiger charge is 2.22. The molecule has 0 saturated heterocycles. The van der Waals surface area contributed by atoms with E-state index in [0.29, 0.717) is 17.5 Å². The summed E-state index contributed by atoms with van der Waals surface area (Å²) >= 11 is 1.81. The standard InChI is InChI=1S/C51H30N4S/c1-2-13-33-27-36(22-21-31(33)11-1)49-52-50(37-24-26-47-43(29-37)40-18-8-10-20-46(40)56-47)54-51(53-49)41-25-23-32-12-5-6-16-38(32)48(41)55-44-19-9-7-17-39(44)42-28-34-14-3-4-15-35(34)30-45(42)55/h1-30H. The van der Waals surface area contributed by atoms with Crippen LogP contribution in [0.1, 0.15) is 0 Å². The van der Waals surface area contributed by atoms with E-state index < -0.39 is 0 Å². The highest BCUT2D eigenvalue weighted by molar-refractivity contribution is 7.25. The van der Waals surface area contributed by atoms with Crippen molar-refractivity contribution >= 4 is 85.6 Å². The molecule has 12 aromatic rings. The van der Waals surface area contributed by atoms with Crippen LogP contribution in [0.5, 0.6) is 0 Å². The second-order valence-electron chi connectivity index (χ2n) is 14.4. The van der Waals surface area contributed by atoms with Crippen LogP contribution < -0.4 is 0 Å². The second-order valence-corrected chi connectivity index (χ2v) is 15.5. The fourth-order valence-corrected chi connectivity index (χ4v) is 9.61. The quantitative estimate of drug-likeness (QED) is 0.181. The zero-order chi connectivity index (χ0) is 36.7. The molecule has 0 fully saturated rings. The first-order valence-electron chi connectivity index (χ1n) is 18.8. The average molecular weight is 731 g/mol. The molecule has 9 aromatic carbocycles. The van der Waals surface area contributed by atoms with Crippen LogP contribution in [0.15, 0.2) is 182 Å². The van der Waals surface area contributed by atoms with Crippen LogP contribution in [0, 0.1) is 0 Å². The van der Waals surface area contributed by atoms with Crippen molar-refractivity contribution < 1.29 is 0 Å². The molecule has 0 aliphatic heterocycles. The fraction of sp³-hybridized carbons (Fsp3) is 0. The predicted octanol–water partition coefficient (Wildman–Crippen LogP) is 13.8. The van der Waals surface area contributed by atoms with Crippen LogP contribution in [-0.2, 0) is 0 Å². The van der Waals surface area contributed by atoms with Gasteiger partial charge < -0.3 is 4.57 Å². The first-order chi connectivity index (χ1) is 27.7. The Morgan fingerprint density at radius 3 is 1.73 bits per heavy atom. The van der Waals surface area contributed by atoms with Crippen molar-refractivity contribution in [3.63, 3.8) is 0 Å². The van der Waals surface area contributed by atoms with Crippen LogP contribution >= 0.6 is 11.3 Å². The van der Waals surface area contributed by atoms with E-state index in [1.807, 2.05) is 11.3 Å². The van der Waals surface area contributed by atoms with E-state index >= 15 is 0 Å². The number of nitrogens with zero attached hydrogens (tertiary/aromatic N) is 4. The van der Waals surface area contributed by atoms with Gasteiger partial charge in [0.05, 0.1) is 16.7 Å². The summed E-state index contributed by atoms with van der Waals surface area (Å²) in [5, 5.41) is 11.9. The highest BCUT2D eigenvalue weighted by Crippen LogP contribution is 2.42. The van der Waals surface area contributed by atoms with Gasteiger partial charge in [0, 0.05) is 53.0 Å². The maximum absolute atomic E-state index is 5.39. The minimum atomic E-state index is 0.626. The summed E-state index contributed by atoms with van der Waals surface area (Å²) in [5.41, 5.74) is 6.16. The lowest BCUT2D eigenvalue weighted by Crippen LogP contribution is -2.04. The normalized spacial score (nSPS) is 11.9. The molecule has 12 rings (SSSR count). The van der Waals surface area contributed by atoms with Crippen molar-refractivity contribution in [1.82, 2.24) is 19.5 Å². The molecule has 0 aliphatic rings. The lowest BCUT2D eigenvalue weighted by Gasteiger charge is -2.17. The number of thiophene rings is 1. The second kappa shape index (κ2) is 12.2. The number of hydrogen-bond acceptors (Lipinski definition) is 4. The van der Waals surface area contributed by atoms with E-state index in [0.717, 1.165) is 49.6 Å². The lowest BCUT2D eigenvalue weighted by molar-refractivity contribution is 1.07. The molecule has 5 heteroatoms. The summed E-state index contributed by atoms with van der Waals surface area (Å²) in [6.45, 7) is 0. The summed E-state index contributed by atoms with van der Waals surface area (Å²) in [5.74, 6) is 1.90. The minimum absolute atomic E-state index is 0.626. The van der Waals surface area contributed by atoms with Crippen molar-refractivity contribution in [1.29, 1.82) is 0 Å². The number of rotatable bonds is 4. The molecular weight excluding hydrogens is 701 g/mol. The van der Waals surface area contributed by atoms with E-state index in [9.17, 15) is 0 Å². The van der Waals surface area contributed by atoms with Gasteiger partial charge in [-0.1, -0.05) is 127 Å². The third-order valence-electron chi connectivity index (χ3n) is 11.2. The van der Waals surface area contributed by atoms with Crippen molar-refractivity contribution in [2.45, 2.75) is 0 Å². The number of benzene rings is 9. The molecule has 0 unspecified atom stereocenters. The van der Waals surface area contributed by atoms with Gasteiger partial charge in [-0.05, 0) is 81.5 Å². The Morgan fingerprint density at radius 2 is 0.911 bits per heavy atom. The predicted molar refractivity (Wildman–Crippen MR) is 236 cm³/mol. The Kier molecular flexibility index (Phi) is 6.76. The highest BCUT2D eigenvalue weighted by atomic mass is 32.1. The third-order valence-corrected chi connectivity index (χ3v) is 12.3. The molecule has 3 heterocycles. The first kappa shape index (κ1) is 31.2. The molecule has 0 saturated carbocycles. The molecule has 0 bridgehead atoms. The summed E-state index contributed by atoms with van der Waals surface area (Å²) in [6, 6.07) is 65.1. The lowest BCUT2D eigenvalue weighted by atomic mass is 10.0. The van der Waals surface area contributed by atoms with E-state index in [1.54, 1.807) is 0 Å². The van der Waals surface area contributed by atoms with Gasteiger partial charge in [-0.2, -0.15) is 0 Å². The van der Waals surface area contributed by atoms with Gasteiger partial charge in [-0.3, -0.25) is 0 Å². The Bertz CT molecular complexity index is 3560. The molecule has 0 amide bonds. The van der Waals surface area contributed by atoms with E-state index in [4.69, 9.17) is 15.0 Å². The Morgan fingerprint density at radius 1 is 0.339 bits per heavy atom. The molecule has 0 radical (unpaired) electrons. The summed E-state index contributed by atoms with van der Waals surface area (Å²) < 4.78 is 4.94. The first-order valence-corrected chi connectivity index (χ1v) is 19.7. The Hall–Kier alpha value is -7.21. The van der Waals surface area contributed by atoms with E-state index in [2.05, 4.69) is 187 Å². The van der Waals surface area contributed by atoms with Gasteiger partial charge in [-0.15, -0.1) is 11.3 Å². The largest absolute Gasteiger partial charge is 0.308 e. The molecule has 56 heavy (non-hydrogen) atoms. The number of para-hydroxylation sites is 1. The molecule has 260 valence electrons. The average Bonchev–Trinajstić information content (AvgIpc) is 3.79. The summed E-state index contributed by atoms with van der Waals surface area (Å²) in [7, 11) is 0. The maximum Gasteiger partial charge on any atom is 0.166 e. The minimum Gasteiger partial charge on any atom is -0.308 e.